The van der Waals surface area contributed by atoms with Gasteiger partial charge >= 0.3 is 215 Å². The fourth-order valence-corrected chi connectivity index (χ4v) is 12.8. The maximum absolute atomic E-state index is 14.2. The normalized spacial score (nSPS) is 16.4. The molecule has 0 N–H and O–H groups in total. The van der Waals surface area contributed by atoms with Crippen molar-refractivity contribution in [2.45, 2.75) is 78.7 Å². The Balaban J connectivity index is 3.31. The summed E-state index contributed by atoms with van der Waals surface area (Å²) in [5.41, 5.74) is 0. The third kappa shape index (κ3) is 6.19. The Hall–Kier alpha value is -0.441. The Morgan fingerprint density at radius 3 is 1.33 bits per heavy atom. The van der Waals surface area contributed by atoms with E-state index < -0.39 is 82.8 Å². The first kappa shape index (κ1) is 36.6. The van der Waals surface area contributed by atoms with Crippen molar-refractivity contribution in [2.24, 2.45) is 0 Å². The van der Waals surface area contributed by atoms with E-state index in [0.29, 0.717) is 0 Å². The molecule has 1 atom stereocenters. The fourth-order valence-electron chi connectivity index (χ4n) is 3.26. The molecule has 228 valence electrons. The molecular weight excluding hydrogens is 809 g/mol. The molecular formula is C20H18F17ISn. The molecule has 1 rings (SSSR count). The predicted octanol–water partition coefficient (Wildman–Crippen LogP) is 9.20. The Kier molecular flexibility index (Phi) is 10.3. The zero-order valence-corrected chi connectivity index (χ0v) is 24.4. The van der Waals surface area contributed by atoms with Crippen LogP contribution in [0.1, 0.15) is 12.8 Å². The second-order valence-electron chi connectivity index (χ2n) is 9.24. The van der Waals surface area contributed by atoms with Crippen LogP contribution in [0.3, 0.4) is 0 Å². The Labute approximate surface area is 227 Å². The third-order valence-corrected chi connectivity index (χ3v) is 16.8. The molecule has 1 aromatic carbocycles. The van der Waals surface area contributed by atoms with Gasteiger partial charge in [-0.05, 0) is 0 Å². The van der Waals surface area contributed by atoms with Crippen LogP contribution in [0.4, 0.5) is 74.6 Å². The number of rotatable bonds is 12. The van der Waals surface area contributed by atoms with Crippen molar-refractivity contribution < 1.29 is 74.6 Å². The number of hydrogen-bond donors (Lipinski definition) is 0. The van der Waals surface area contributed by atoms with E-state index in [9.17, 15) is 74.6 Å². The van der Waals surface area contributed by atoms with E-state index in [-0.39, 0.29) is 4.44 Å². The Morgan fingerprint density at radius 2 is 0.949 bits per heavy atom. The van der Waals surface area contributed by atoms with Gasteiger partial charge in [0, 0.05) is 0 Å². The van der Waals surface area contributed by atoms with Gasteiger partial charge < -0.3 is 0 Å². The molecule has 0 nitrogen and oxygen atoms in total. The van der Waals surface area contributed by atoms with Gasteiger partial charge in [-0.25, -0.2) is 0 Å². The second-order valence-corrected chi connectivity index (χ2v) is 24.8. The van der Waals surface area contributed by atoms with E-state index >= 15 is 0 Å². The molecule has 0 aliphatic carbocycles. The molecule has 0 aliphatic heterocycles. The van der Waals surface area contributed by atoms with Gasteiger partial charge in [0.25, 0.3) is 0 Å². The molecule has 1 aromatic rings. The van der Waals surface area contributed by atoms with Crippen LogP contribution >= 0.6 is 22.6 Å². The standard InChI is InChI=1S/C12H7F17I.C6H5.2CH3.Sn/c1-2-4(30)3-5(13,14)6(15,16)7(17,18)8(19,20)9(21,22)10(23,24)11(25,26)12(27,28)29;1-2-4-6-5-3-1;;;/h4H,1-3H2;1-5H;2*1H3;. The predicted molar refractivity (Wildman–Crippen MR) is 116 cm³/mol. The summed E-state index contributed by atoms with van der Waals surface area (Å²) < 4.78 is 227. The zero-order valence-electron chi connectivity index (χ0n) is 19.4. The first-order chi connectivity index (χ1) is 17.0. The first-order valence-electron chi connectivity index (χ1n) is 10.4. The summed E-state index contributed by atoms with van der Waals surface area (Å²) in [4.78, 5) is 3.54. The van der Waals surface area contributed by atoms with Gasteiger partial charge in [-0.15, -0.1) is 0 Å². The summed E-state index contributed by atoms with van der Waals surface area (Å²) in [6, 6.07) is 8.28. The fraction of sp³-hybridized carbons (Fsp3) is 0.700. The first-order valence-corrected chi connectivity index (χ1v) is 20.8. The van der Waals surface area contributed by atoms with E-state index in [4.69, 9.17) is 0 Å². The van der Waals surface area contributed by atoms with Crippen LogP contribution in [0.15, 0.2) is 30.3 Å². The maximum atomic E-state index is 14.2. The average molecular weight is 827 g/mol. The molecule has 39 heavy (non-hydrogen) atoms. The van der Waals surface area contributed by atoms with Crippen molar-refractivity contribution in [3.63, 3.8) is 0 Å². The molecule has 0 spiro atoms. The quantitative estimate of drug-likeness (QED) is 0.0854. The van der Waals surface area contributed by atoms with Gasteiger partial charge in [0.2, 0.25) is 0 Å². The molecule has 0 amide bonds. The van der Waals surface area contributed by atoms with Gasteiger partial charge in [-0.1, -0.05) is 0 Å². The van der Waals surface area contributed by atoms with Crippen LogP contribution in [0.25, 0.3) is 0 Å². The molecule has 0 radical (unpaired) electrons. The summed E-state index contributed by atoms with van der Waals surface area (Å²) >= 11 is -2.23. The topological polar surface area (TPSA) is 0 Å². The molecule has 19 heteroatoms. The Morgan fingerprint density at radius 1 is 0.590 bits per heavy atom. The van der Waals surface area contributed by atoms with E-state index in [1.807, 2.05) is 0 Å². The monoisotopic (exact) mass is 828 g/mol. The van der Waals surface area contributed by atoms with Crippen LogP contribution in [-0.2, 0) is 0 Å². The molecule has 1 unspecified atom stereocenters. The molecule has 0 aliphatic rings. The summed E-state index contributed by atoms with van der Waals surface area (Å²) in [6.07, 6.45) is -10.5. The van der Waals surface area contributed by atoms with Crippen LogP contribution in [-0.4, -0.2) is 69.9 Å². The summed E-state index contributed by atoms with van der Waals surface area (Å²) in [7, 11) is 0. The van der Waals surface area contributed by atoms with Gasteiger partial charge in [-0.3, -0.25) is 0 Å². The van der Waals surface area contributed by atoms with E-state index in [0.717, 1.165) is 26.2 Å². The summed E-state index contributed by atoms with van der Waals surface area (Å²) in [6.45, 7) is 0. The van der Waals surface area contributed by atoms with Crippen molar-refractivity contribution >= 4 is 44.5 Å². The van der Waals surface area contributed by atoms with Crippen molar-refractivity contribution in [1.29, 1.82) is 0 Å². The molecule has 0 saturated carbocycles. The molecule has 0 bridgehead atoms. The second kappa shape index (κ2) is 11.0. The minimum absolute atomic E-state index is 0.108. The third-order valence-electron chi connectivity index (χ3n) is 5.90. The van der Waals surface area contributed by atoms with E-state index in [1.165, 1.54) is 0 Å². The summed E-state index contributed by atoms with van der Waals surface area (Å²) in [5.74, 6) is -56.0. The number of alkyl halides is 18. The molecule has 0 fully saturated rings. The van der Waals surface area contributed by atoms with Crippen LogP contribution in [0, 0.1) is 0 Å². The number of halogens is 18. The van der Waals surface area contributed by atoms with Crippen LogP contribution in [0.2, 0.25) is 14.3 Å². The summed E-state index contributed by atoms with van der Waals surface area (Å²) in [5, 5.41) is 0. The average Bonchev–Trinajstić information content (AvgIpc) is 2.76. The van der Waals surface area contributed by atoms with Crippen molar-refractivity contribution in [3.8, 4) is 0 Å². The minimum atomic E-state index is -8.60. The van der Waals surface area contributed by atoms with Crippen LogP contribution < -0.4 is 3.58 Å². The SMILES string of the molecule is [CH3][Sn]([CH3])([CH2]CC(I)CC(F)(F)C(F)(F)C(F)(F)C(F)(F)C(F)(F)C(F)(F)C(F)(F)C(F)(F)F)[c]1ccccc1. The number of benzene rings is 1. The van der Waals surface area contributed by atoms with Crippen molar-refractivity contribution in [3.05, 3.63) is 30.3 Å². The molecule has 0 saturated heterocycles. The van der Waals surface area contributed by atoms with Gasteiger partial charge in [0.15, 0.2) is 0 Å². The zero-order chi connectivity index (χ0) is 31.3. The Bertz CT molecular complexity index is 972. The van der Waals surface area contributed by atoms with E-state index in [2.05, 4.69) is 0 Å². The molecule has 0 heterocycles. The molecule has 0 aromatic heterocycles. The van der Waals surface area contributed by atoms with Gasteiger partial charge in [0.05, 0.1) is 0 Å². The van der Waals surface area contributed by atoms with Gasteiger partial charge in [-0.2, -0.15) is 13.2 Å². The number of hydrogen-bond acceptors (Lipinski definition) is 0. The van der Waals surface area contributed by atoms with E-state index in [1.54, 1.807) is 40.2 Å². The van der Waals surface area contributed by atoms with Crippen molar-refractivity contribution in [1.82, 2.24) is 0 Å². The van der Waals surface area contributed by atoms with Crippen molar-refractivity contribution in [2.75, 3.05) is 0 Å². The van der Waals surface area contributed by atoms with Crippen LogP contribution in [0.5, 0.6) is 0 Å². The van der Waals surface area contributed by atoms with Gasteiger partial charge in [0.1, 0.15) is 0 Å².